The fourth-order valence-electron chi connectivity index (χ4n) is 7.72. The number of aromatic nitrogens is 3. The van der Waals surface area contributed by atoms with E-state index < -0.39 is 5.54 Å². The monoisotopic (exact) mass is 633 g/mol. The third-order valence-corrected chi connectivity index (χ3v) is 9.99. The number of nitrogens with zero attached hydrogens (tertiary/aromatic N) is 4. The molecule has 1 atom stereocenters. The highest BCUT2D eigenvalue weighted by atomic mass is 16.5. The molecule has 6 aromatic rings. The Balaban J connectivity index is 1.42. The first kappa shape index (κ1) is 30.1. The number of ether oxygens (including phenoxy) is 1. The summed E-state index contributed by atoms with van der Waals surface area (Å²) in [6.07, 6.45) is 3.51. The van der Waals surface area contributed by atoms with Crippen LogP contribution in [0.5, 0.6) is 5.88 Å². The summed E-state index contributed by atoms with van der Waals surface area (Å²) in [7, 11) is 0. The van der Waals surface area contributed by atoms with Crippen molar-refractivity contribution in [2.75, 3.05) is 24.5 Å². The highest BCUT2D eigenvalue weighted by Gasteiger charge is 2.49. The minimum absolute atomic E-state index is 0.0193. The zero-order chi connectivity index (χ0) is 32.7. The fourth-order valence-corrected chi connectivity index (χ4v) is 7.72. The number of fused-ring (bicyclic) bond motifs is 1. The number of pyridine rings is 1. The van der Waals surface area contributed by atoms with Crippen molar-refractivity contribution in [1.29, 1.82) is 0 Å². The highest BCUT2D eigenvalue weighted by Crippen LogP contribution is 2.46. The van der Waals surface area contributed by atoms with E-state index in [1.807, 2.05) is 30.9 Å². The van der Waals surface area contributed by atoms with Crippen molar-refractivity contribution in [3.8, 4) is 17.1 Å². The van der Waals surface area contributed by atoms with E-state index in [-0.39, 0.29) is 17.4 Å². The van der Waals surface area contributed by atoms with Crippen molar-refractivity contribution >= 4 is 22.5 Å². The molecular weight excluding hydrogens is 594 g/mol. The minimum Gasteiger partial charge on any atom is -0.475 e. The van der Waals surface area contributed by atoms with Gasteiger partial charge in [0.05, 0.1) is 17.0 Å². The maximum atomic E-state index is 13.9. The number of hydrogen-bond acceptors (Lipinski definition) is 5. The van der Waals surface area contributed by atoms with Crippen LogP contribution in [0.15, 0.2) is 128 Å². The molecule has 4 heterocycles. The molecule has 8 rings (SSSR count). The van der Waals surface area contributed by atoms with Gasteiger partial charge in [-0.25, -0.2) is 9.67 Å². The van der Waals surface area contributed by atoms with Crippen molar-refractivity contribution in [3.05, 3.63) is 144 Å². The average molecular weight is 634 g/mol. The summed E-state index contributed by atoms with van der Waals surface area (Å²) in [5.74, 6) is 0.761. The Labute approximate surface area is 281 Å². The van der Waals surface area contributed by atoms with E-state index in [1.165, 1.54) is 0 Å². The number of rotatable bonds is 8. The van der Waals surface area contributed by atoms with E-state index >= 15 is 0 Å². The lowest BCUT2D eigenvalue weighted by atomic mass is 9.77. The van der Waals surface area contributed by atoms with Gasteiger partial charge in [-0.3, -0.25) is 4.79 Å². The van der Waals surface area contributed by atoms with Crippen LogP contribution in [0.2, 0.25) is 0 Å². The summed E-state index contributed by atoms with van der Waals surface area (Å²) in [6.45, 7) is 6.34. The van der Waals surface area contributed by atoms with Gasteiger partial charge >= 0.3 is 0 Å². The molecule has 0 bridgehead atoms. The SMILES string of the molecule is CC(C)Oc1cc(-c2nn(C(c3ccccc3)(c3ccccc3)c3ccccc3)c3ccc(N4CCC5(CCNC5)C4=O)cc23)ccn1. The summed E-state index contributed by atoms with van der Waals surface area (Å²) in [4.78, 5) is 20.4. The Kier molecular flexibility index (Phi) is 7.57. The van der Waals surface area contributed by atoms with Gasteiger partial charge < -0.3 is 15.0 Å². The van der Waals surface area contributed by atoms with Gasteiger partial charge in [-0.05, 0) is 74.2 Å². The molecule has 1 N–H and O–H groups in total. The molecule has 2 aliphatic heterocycles. The maximum absolute atomic E-state index is 13.9. The summed E-state index contributed by atoms with van der Waals surface area (Å²) in [6, 6.07) is 42.1. The number of nitrogens with one attached hydrogen (secondary N) is 1. The molecule has 1 amide bonds. The lowest BCUT2D eigenvalue weighted by Gasteiger charge is -2.37. The van der Waals surface area contributed by atoms with E-state index in [0.29, 0.717) is 12.4 Å². The molecule has 7 nitrogen and oxygen atoms in total. The Bertz CT molecular complexity index is 1970. The topological polar surface area (TPSA) is 72.3 Å². The summed E-state index contributed by atoms with van der Waals surface area (Å²) in [5.41, 5.74) is 5.71. The number of carbonyl (C=O) groups excluding carboxylic acids is 1. The molecule has 1 spiro atoms. The first-order valence-corrected chi connectivity index (χ1v) is 16.9. The number of hydrogen-bond donors (Lipinski definition) is 1. The van der Waals surface area contributed by atoms with Crippen LogP contribution < -0.4 is 15.0 Å². The van der Waals surface area contributed by atoms with Gasteiger partial charge in [-0.1, -0.05) is 91.0 Å². The molecule has 48 heavy (non-hydrogen) atoms. The van der Waals surface area contributed by atoms with E-state index in [9.17, 15) is 4.79 Å². The molecular formula is C41H39N5O2. The van der Waals surface area contributed by atoms with Crippen LogP contribution in [0.3, 0.4) is 0 Å². The molecule has 0 aliphatic carbocycles. The lowest BCUT2D eigenvalue weighted by molar-refractivity contribution is -0.124. The van der Waals surface area contributed by atoms with Gasteiger partial charge in [0.1, 0.15) is 11.2 Å². The molecule has 0 saturated carbocycles. The number of benzene rings is 4. The average Bonchev–Trinajstić information content (AvgIpc) is 3.84. The zero-order valence-electron chi connectivity index (χ0n) is 27.3. The van der Waals surface area contributed by atoms with E-state index in [4.69, 9.17) is 9.84 Å². The first-order chi connectivity index (χ1) is 23.5. The molecule has 2 aromatic heterocycles. The van der Waals surface area contributed by atoms with Crippen LogP contribution in [0.25, 0.3) is 22.2 Å². The van der Waals surface area contributed by atoms with Crippen LogP contribution in [0.1, 0.15) is 43.4 Å². The van der Waals surface area contributed by atoms with Gasteiger partial charge in [0, 0.05) is 42.0 Å². The Morgan fingerprint density at radius 1 is 0.812 bits per heavy atom. The third-order valence-electron chi connectivity index (χ3n) is 9.99. The number of anilines is 1. The fraction of sp³-hybridized carbons (Fsp3) is 0.244. The Morgan fingerprint density at radius 2 is 1.46 bits per heavy atom. The standard InChI is InChI=1S/C41H39N5O2/c1-29(2)48-37-26-30(20-23-43-37)38-35-27-34(45-25-22-40(39(45)47)21-24-42-28-40)18-19-36(35)46(44-38)41(31-12-6-3-7-13-31,32-14-8-4-9-15-32)33-16-10-5-11-17-33/h3-20,23,26-27,29,42H,21-22,24-25,28H2,1-2H3. The second-order valence-corrected chi connectivity index (χ2v) is 13.2. The Hall–Kier alpha value is -5.27. The van der Waals surface area contributed by atoms with Crippen molar-refractivity contribution in [1.82, 2.24) is 20.1 Å². The van der Waals surface area contributed by atoms with Gasteiger partial charge in [0.25, 0.3) is 0 Å². The highest BCUT2D eigenvalue weighted by molar-refractivity contribution is 6.03. The molecule has 7 heteroatoms. The molecule has 2 fully saturated rings. The molecule has 2 saturated heterocycles. The maximum Gasteiger partial charge on any atom is 0.234 e. The molecule has 1 unspecified atom stereocenters. The van der Waals surface area contributed by atoms with Crippen molar-refractivity contribution in [2.45, 2.75) is 38.3 Å². The first-order valence-electron chi connectivity index (χ1n) is 16.9. The van der Waals surface area contributed by atoms with E-state index in [2.05, 4.69) is 124 Å². The predicted octanol–water partition coefficient (Wildman–Crippen LogP) is 7.44. The van der Waals surface area contributed by atoms with E-state index in [0.717, 1.165) is 70.5 Å². The number of carbonyl (C=O) groups is 1. The van der Waals surface area contributed by atoms with Gasteiger partial charge in [-0.2, -0.15) is 5.10 Å². The smallest absolute Gasteiger partial charge is 0.234 e. The minimum atomic E-state index is -0.810. The van der Waals surface area contributed by atoms with Crippen molar-refractivity contribution < 1.29 is 9.53 Å². The molecule has 0 radical (unpaired) electrons. The Morgan fingerprint density at radius 3 is 2.04 bits per heavy atom. The van der Waals surface area contributed by atoms with Gasteiger partial charge in [-0.15, -0.1) is 0 Å². The molecule has 4 aromatic carbocycles. The summed E-state index contributed by atoms with van der Waals surface area (Å²) < 4.78 is 8.22. The summed E-state index contributed by atoms with van der Waals surface area (Å²) >= 11 is 0. The molecule has 2 aliphatic rings. The second-order valence-electron chi connectivity index (χ2n) is 13.2. The van der Waals surface area contributed by atoms with Gasteiger partial charge in [0.2, 0.25) is 11.8 Å². The van der Waals surface area contributed by atoms with Crippen molar-refractivity contribution in [2.24, 2.45) is 5.41 Å². The van der Waals surface area contributed by atoms with Crippen LogP contribution in [-0.4, -0.2) is 46.4 Å². The predicted molar refractivity (Wildman–Crippen MR) is 190 cm³/mol. The van der Waals surface area contributed by atoms with Crippen LogP contribution in [-0.2, 0) is 10.3 Å². The van der Waals surface area contributed by atoms with Crippen molar-refractivity contribution in [3.63, 3.8) is 0 Å². The second kappa shape index (κ2) is 12.1. The summed E-state index contributed by atoms with van der Waals surface area (Å²) in [5, 5.41) is 9.94. The number of amides is 1. The van der Waals surface area contributed by atoms with Crippen LogP contribution in [0.4, 0.5) is 5.69 Å². The van der Waals surface area contributed by atoms with Crippen LogP contribution >= 0.6 is 0 Å². The quantitative estimate of drug-likeness (QED) is 0.177. The normalized spacial score (nSPS) is 18.0. The van der Waals surface area contributed by atoms with E-state index in [1.54, 1.807) is 6.20 Å². The van der Waals surface area contributed by atoms with Gasteiger partial charge in [0.15, 0.2) is 0 Å². The molecule has 240 valence electrons. The zero-order valence-corrected chi connectivity index (χ0v) is 27.3. The largest absolute Gasteiger partial charge is 0.475 e. The lowest BCUT2D eigenvalue weighted by Crippen LogP contribution is -2.38. The third kappa shape index (κ3) is 4.88. The van der Waals surface area contributed by atoms with Crippen LogP contribution in [0, 0.1) is 5.41 Å².